The molecule has 6 rings (SSSR count). The number of hydroxylamine groups is 2. The first-order valence-electron chi connectivity index (χ1n) is 17.1. The van der Waals surface area contributed by atoms with Gasteiger partial charge < -0.3 is 30.5 Å². The lowest BCUT2D eigenvalue weighted by Crippen LogP contribution is -2.62. The van der Waals surface area contributed by atoms with E-state index in [1.165, 1.54) is 6.42 Å². The third kappa shape index (κ3) is 7.07. The second-order valence-corrected chi connectivity index (χ2v) is 15.6. The van der Waals surface area contributed by atoms with Gasteiger partial charge in [-0.2, -0.15) is 16.8 Å². The minimum atomic E-state index is -0.887. The number of hydrogen-bond acceptors (Lipinski definition) is 9. The molecule has 2 amide bonds. The van der Waals surface area contributed by atoms with Gasteiger partial charge in [-0.15, -0.1) is 0 Å². The van der Waals surface area contributed by atoms with E-state index in [1.54, 1.807) is 30.9 Å². The predicted molar refractivity (Wildman–Crippen MR) is 191 cm³/mol. The van der Waals surface area contributed by atoms with Crippen LogP contribution in [0.4, 0.5) is 5.69 Å². The average molecular weight is 683 g/mol. The van der Waals surface area contributed by atoms with E-state index in [9.17, 15) is 19.8 Å². The zero-order valence-corrected chi connectivity index (χ0v) is 30.5. The molecule has 3 saturated carbocycles. The number of ether oxygens (including phenoxy) is 1. The van der Waals surface area contributed by atoms with Gasteiger partial charge in [0.15, 0.2) is 0 Å². The zero-order valence-electron chi connectivity index (χ0n) is 29.7. The van der Waals surface area contributed by atoms with Crippen LogP contribution < -0.4 is 20.3 Å². The Morgan fingerprint density at radius 3 is 2.56 bits per heavy atom. The number of carbonyl (C=O) groups is 2. The number of carbonyl (C=O) groups excluding carboxylic acids is 2. The standard InChI is InChI=1S/C37H54N4O6S/c1-21-29-17-26(37(29,3)4)18-30(21)39-36(45)33-32(22(2)43)31(20-42)47-41(33)19-23-10-9-11-28(34(23)46-7)24-14-25(16-27(15-24)40(5)6)35(44)38-12-13-48-8/h9-11,14-16,21-22,26,29-33,42-43H,12-13,17-20H2,1-8H3,(H,38,44)(H,39,45)/t21-,22-,26-,29-,30-,31-,32+,33-/m0/s1. The highest BCUT2D eigenvalue weighted by Gasteiger charge is 2.57. The van der Waals surface area contributed by atoms with Gasteiger partial charge in [0.2, 0.25) is 5.91 Å². The lowest BCUT2D eigenvalue weighted by molar-refractivity contribution is -0.183. The van der Waals surface area contributed by atoms with Crippen LogP contribution in [0, 0.1) is 29.1 Å². The molecule has 0 radical (unpaired) electrons. The molecule has 1 aliphatic heterocycles. The predicted octanol–water partition coefficient (Wildman–Crippen LogP) is 4.18. The number of anilines is 1. The van der Waals surface area contributed by atoms with Crippen LogP contribution in [0.5, 0.6) is 5.75 Å². The molecule has 48 heavy (non-hydrogen) atoms. The van der Waals surface area contributed by atoms with Crippen molar-refractivity contribution in [3.63, 3.8) is 0 Å². The van der Waals surface area contributed by atoms with Gasteiger partial charge in [-0.3, -0.25) is 14.4 Å². The number of fused-ring (bicyclic) bond motifs is 2. The topological polar surface area (TPSA) is 124 Å². The second kappa shape index (κ2) is 15.0. The number of amides is 2. The minimum Gasteiger partial charge on any atom is -0.496 e. The molecule has 264 valence electrons. The summed E-state index contributed by atoms with van der Waals surface area (Å²) in [5, 5.41) is 29.1. The average Bonchev–Trinajstić information content (AvgIpc) is 3.43. The lowest BCUT2D eigenvalue weighted by Gasteiger charge is -2.62. The van der Waals surface area contributed by atoms with Gasteiger partial charge in [0.05, 0.1) is 26.4 Å². The van der Waals surface area contributed by atoms with Crippen LogP contribution >= 0.6 is 11.8 Å². The summed E-state index contributed by atoms with van der Waals surface area (Å²) in [6.07, 6.45) is 2.52. The van der Waals surface area contributed by atoms with Crippen LogP contribution in [-0.4, -0.2) is 97.7 Å². The largest absolute Gasteiger partial charge is 0.496 e. The van der Waals surface area contributed by atoms with E-state index in [0.29, 0.717) is 41.0 Å². The number of hydrogen-bond donors (Lipinski definition) is 4. The molecule has 0 unspecified atom stereocenters. The summed E-state index contributed by atoms with van der Waals surface area (Å²) < 4.78 is 6.02. The summed E-state index contributed by atoms with van der Waals surface area (Å²) in [6.45, 7) is 8.99. The van der Waals surface area contributed by atoms with E-state index >= 15 is 0 Å². The fourth-order valence-electron chi connectivity index (χ4n) is 8.35. The molecule has 8 atom stereocenters. The van der Waals surface area contributed by atoms with Crippen molar-refractivity contribution in [3.8, 4) is 16.9 Å². The maximum atomic E-state index is 14.2. The van der Waals surface area contributed by atoms with Crippen molar-refractivity contribution in [2.24, 2.45) is 29.1 Å². The Labute approximate surface area is 289 Å². The summed E-state index contributed by atoms with van der Waals surface area (Å²) >= 11 is 1.67. The monoisotopic (exact) mass is 682 g/mol. The molecule has 2 bridgehead atoms. The summed E-state index contributed by atoms with van der Waals surface area (Å²) in [6, 6.07) is 10.8. The maximum absolute atomic E-state index is 14.2. The number of nitrogens with one attached hydrogen (secondary N) is 2. The molecule has 11 heteroatoms. The van der Waals surface area contributed by atoms with Crippen LogP contribution in [0.2, 0.25) is 0 Å². The number of nitrogens with zero attached hydrogens (tertiary/aromatic N) is 2. The van der Waals surface area contributed by atoms with Gasteiger partial charge in [0.25, 0.3) is 5.91 Å². The molecule has 3 aliphatic carbocycles. The van der Waals surface area contributed by atoms with E-state index in [2.05, 4.69) is 31.4 Å². The van der Waals surface area contributed by atoms with E-state index in [4.69, 9.17) is 9.57 Å². The first-order chi connectivity index (χ1) is 22.8. The highest BCUT2D eigenvalue weighted by Crippen LogP contribution is 2.61. The fourth-order valence-corrected chi connectivity index (χ4v) is 8.66. The summed E-state index contributed by atoms with van der Waals surface area (Å²) in [5.41, 5.74) is 4.09. The van der Waals surface area contributed by atoms with Crippen LogP contribution in [0.25, 0.3) is 11.1 Å². The third-order valence-corrected chi connectivity index (χ3v) is 11.9. The highest BCUT2D eigenvalue weighted by atomic mass is 32.2. The number of thioether (sulfide) groups is 1. The summed E-state index contributed by atoms with van der Waals surface area (Å²) in [7, 11) is 5.48. The quantitative estimate of drug-likeness (QED) is 0.231. The van der Waals surface area contributed by atoms with Crippen LogP contribution in [0.15, 0.2) is 36.4 Å². The number of methoxy groups -OCH3 is 1. The summed E-state index contributed by atoms with van der Waals surface area (Å²) in [5.74, 6) is 1.94. The number of benzene rings is 2. The van der Waals surface area contributed by atoms with Crippen LogP contribution in [0.3, 0.4) is 0 Å². The Hall–Kier alpha value is -2.83. The van der Waals surface area contributed by atoms with Gasteiger partial charge in [-0.25, -0.2) is 0 Å². The Kier molecular flexibility index (Phi) is 11.4. The maximum Gasteiger partial charge on any atom is 0.251 e. The Balaban J connectivity index is 1.45. The number of aliphatic hydroxyl groups is 2. The van der Waals surface area contributed by atoms with Crippen molar-refractivity contribution in [2.45, 2.75) is 71.4 Å². The molecule has 1 saturated heterocycles. The fraction of sp³-hybridized carbons (Fsp3) is 0.622. The lowest BCUT2D eigenvalue weighted by atomic mass is 9.45. The van der Waals surface area contributed by atoms with Gasteiger partial charge in [-0.05, 0) is 73.0 Å². The first-order valence-corrected chi connectivity index (χ1v) is 18.5. The highest BCUT2D eigenvalue weighted by molar-refractivity contribution is 7.98. The molecular weight excluding hydrogens is 628 g/mol. The molecule has 10 nitrogen and oxygen atoms in total. The van der Waals surface area contributed by atoms with Gasteiger partial charge in [-0.1, -0.05) is 39.0 Å². The van der Waals surface area contributed by atoms with Gasteiger partial charge in [0.1, 0.15) is 17.9 Å². The van der Waals surface area contributed by atoms with E-state index in [1.807, 2.05) is 61.6 Å². The van der Waals surface area contributed by atoms with Crippen molar-refractivity contribution in [1.82, 2.24) is 15.7 Å². The van der Waals surface area contributed by atoms with Crippen molar-refractivity contribution in [2.75, 3.05) is 51.3 Å². The smallest absolute Gasteiger partial charge is 0.251 e. The normalized spacial score (nSPS) is 28.3. The molecule has 0 spiro atoms. The third-order valence-electron chi connectivity index (χ3n) is 11.3. The Bertz CT molecular complexity index is 1470. The molecular formula is C37H54N4O6S. The van der Waals surface area contributed by atoms with Crippen LogP contribution in [-0.2, 0) is 16.2 Å². The first kappa shape index (κ1) is 36.5. The molecule has 0 aromatic heterocycles. The second-order valence-electron chi connectivity index (χ2n) is 14.6. The minimum absolute atomic E-state index is 0.0490. The number of rotatable bonds is 13. The van der Waals surface area contributed by atoms with Crippen molar-refractivity contribution in [1.29, 1.82) is 0 Å². The number of aliphatic hydroxyl groups excluding tert-OH is 2. The van der Waals surface area contributed by atoms with Crippen LogP contribution in [0.1, 0.15) is 56.5 Å². The molecule has 1 heterocycles. The van der Waals surface area contributed by atoms with Crippen molar-refractivity contribution < 1.29 is 29.4 Å². The number of para-hydroxylation sites is 1. The van der Waals surface area contributed by atoms with E-state index in [-0.39, 0.29) is 31.0 Å². The van der Waals surface area contributed by atoms with E-state index in [0.717, 1.165) is 34.6 Å². The molecule has 4 aliphatic rings. The van der Waals surface area contributed by atoms with Crippen molar-refractivity contribution >= 4 is 29.3 Å². The molecule has 2 aromatic carbocycles. The van der Waals surface area contributed by atoms with Gasteiger partial charge in [0, 0.05) is 60.7 Å². The van der Waals surface area contributed by atoms with Crippen molar-refractivity contribution in [3.05, 3.63) is 47.5 Å². The molecule has 4 N–H and O–H groups in total. The molecule has 4 fully saturated rings. The zero-order chi connectivity index (χ0) is 34.9. The SMILES string of the molecule is COc1c(CN2O[C@@H](CO)[C@@H]([C@H](C)O)[C@H]2C(=O)N[C@H]2C[C@@H]3C[C@@H]([C@@H]2C)C3(C)C)cccc1-c1cc(C(=O)NCCSC)cc(N(C)C)c1. The van der Waals surface area contributed by atoms with E-state index < -0.39 is 24.2 Å². The Morgan fingerprint density at radius 1 is 1.21 bits per heavy atom. The molecule has 2 aromatic rings. The Morgan fingerprint density at radius 2 is 1.96 bits per heavy atom. The summed E-state index contributed by atoms with van der Waals surface area (Å²) in [4.78, 5) is 35.5. The van der Waals surface area contributed by atoms with Gasteiger partial charge >= 0.3 is 0 Å².